The molecule has 1 aliphatic carbocycles. The van der Waals surface area contributed by atoms with Gasteiger partial charge in [-0.05, 0) is 36.3 Å². The van der Waals surface area contributed by atoms with Gasteiger partial charge in [-0.15, -0.1) is 0 Å². The van der Waals surface area contributed by atoms with Crippen LogP contribution in [-0.2, 0) is 0 Å². The highest BCUT2D eigenvalue weighted by Crippen LogP contribution is 2.41. The largest absolute Gasteiger partial charge is 0.388 e. The highest BCUT2D eigenvalue weighted by Gasteiger charge is 2.31. The molecule has 2 rings (SSSR count). The molecule has 1 aromatic carbocycles. The van der Waals surface area contributed by atoms with E-state index in [0.29, 0.717) is 6.54 Å². The molecule has 1 aliphatic rings. The van der Waals surface area contributed by atoms with Crippen LogP contribution >= 0.6 is 0 Å². The summed E-state index contributed by atoms with van der Waals surface area (Å²) in [5.74, 6) is 0.772. The van der Waals surface area contributed by atoms with Crippen molar-refractivity contribution in [3.63, 3.8) is 0 Å². The van der Waals surface area contributed by atoms with Gasteiger partial charge in [-0.1, -0.05) is 38.1 Å². The third kappa shape index (κ3) is 2.53. The van der Waals surface area contributed by atoms with E-state index in [4.69, 9.17) is 5.73 Å². The first kappa shape index (κ1) is 12.6. The van der Waals surface area contributed by atoms with Gasteiger partial charge >= 0.3 is 0 Å². The molecule has 94 valence electrons. The van der Waals surface area contributed by atoms with Gasteiger partial charge in [0.2, 0.25) is 0 Å². The van der Waals surface area contributed by atoms with Crippen molar-refractivity contribution in [3.8, 4) is 0 Å². The first-order valence-corrected chi connectivity index (χ1v) is 6.58. The number of aliphatic hydroxyl groups excluding tert-OH is 1. The Balaban J connectivity index is 2.15. The molecule has 1 saturated carbocycles. The average molecular weight is 233 g/mol. The van der Waals surface area contributed by atoms with E-state index in [1.165, 1.54) is 18.4 Å². The van der Waals surface area contributed by atoms with Crippen molar-refractivity contribution in [1.82, 2.24) is 0 Å². The van der Waals surface area contributed by atoms with E-state index < -0.39 is 6.10 Å². The third-order valence-corrected chi connectivity index (χ3v) is 4.24. The molecule has 0 spiro atoms. The monoisotopic (exact) mass is 233 g/mol. The number of hydrogen-bond acceptors (Lipinski definition) is 2. The fourth-order valence-corrected chi connectivity index (χ4v) is 2.22. The first-order chi connectivity index (χ1) is 8.10. The lowest BCUT2D eigenvalue weighted by molar-refractivity contribution is 0.0391. The van der Waals surface area contributed by atoms with Gasteiger partial charge < -0.3 is 10.8 Å². The van der Waals surface area contributed by atoms with Crippen LogP contribution in [0.15, 0.2) is 24.3 Å². The second-order valence-electron chi connectivity index (χ2n) is 5.56. The van der Waals surface area contributed by atoms with Crippen LogP contribution in [0.4, 0.5) is 0 Å². The summed E-state index contributed by atoms with van der Waals surface area (Å²) in [7, 11) is 0. The quantitative estimate of drug-likeness (QED) is 0.821. The maximum Gasteiger partial charge on any atom is 0.0855 e. The van der Waals surface area contributed by atoms with Crippen molar-refractivity contribution in [2.45, 2.75) is 45.1 Å². The van der Waals surface area contributed by atoms with Crippen molar-refractivity contribution in [2.75, 3.05) is 6.54 Å². The summed E-state index contributed by atoms with van der Waals surface area (Å²) in [5, 5.41) is 10.4. The van der Waals surface area contributed by atoms with E-state index in [1.807, 2.05) is 6.92 Å². The van der Waals surface area contributed by atoms with Crippen LogP contribution in [0, 0.1) is 5.41 Å². The summed E-state index contributed by atoms with van der Waals surface area (Å²) in [6.45, 7) is 4.64. The van der Waals surface area contributed by atoms with Crippen LogP contribution in [0.1, 0.15) is 56.3 Å². The molecule has 0 radical (unpaired) electrons. The predicted octanol–water partition coefficient (Wildman–Crippen LogP) is 2.97. The van der Waals surface area contributed by atoms with Crippen molar-refractivity contribution in [1.29, 1.82) is 0 Å². The second kappa shape index (κ2) is 4.79. The van der Waals surface area contributed by atoms with E-state index in [1.54, 1.807) is 0 Å². The van der Waals surface area contributed by atoms with Crippen LogP contribution in [0.25, 0.3) is 0 Å². The van der Waals surface area contributed by atoms with Gasteiger partial charge in [0.15, 0.2) is 0 Å². The predicted molar refractivity (Wildman–Crippen MR) is 70.8 cm³/mol. The van der Waals surface area contributed by atoms with Gasteiger partial charge in [-0.3, -0.25) is 0 Å². The molecule has 1 aromatic rings. The van der Waals surface area contributed by atoms with Crippen molar-refractivity contribution >= 4 is 0 Å². The number of aliphatic hydroxyl groups is 1. The average Bonchev–Trinajstić information content (AvgIpc) is 3.21. The highest BCUT2D eigenvalue weighted by molar-refractivity contribution is 5.29. The van der Waals surface area contributed by atoms with Crippen LogP contribution in [-0.4, -0.2) is 11.7 Å². The van der Waals surface area contributed by atoms with E-state index in [2.05, 4.69) is 31.2 Å². The Morgan fingerprint density at radius 3 is 2.35 bits per heavy atom. The molecule has 3 N–H and O–H groups in total. The van der Waals surface area contributed by atoms with Crippen molar-refractivity contribution in [2.24, 2.45) is 11.1 Å². The number of rotatable bonds is 5. The molecule has 2 unspecified atom stereocenters. The lowest BCUT2D eigenvalue weighted by Crippen LogP contribution is -2.33. The Kier molecular flexibility index (Phi) is 3.55. The van der Waals surface area contributed by atoms with Gasteiger partial charge in [-0.25, -0.2) is 0 Å². The molecule has 2 nitrogen and oxygen atoms in total. The molecule has 0 saturated heterocycles. The summed E-state index contributed by atoms with van der Waals surface area (Å²) in [6.07, 6.45) is 3.05. The van der Waals surface area contributed by atoms with Crippen molar-refractivity contribution < 1.29 is 5.11 Å². The molecule has 2 atom stereocenters. The van der Waals surface area contributed by atoms with E-state index in [0.717, 1.165) is 17.9 Å². The zero-order valence-electron chi connectivity index (χ0n) is 10.8. The van der Waals surface area contributed by atoms with Crippen LogP contribution in [0.5, 0.6) is 0 Å². The van der Waals surface area contributed by atoms with Gasteiger partial charge in [0.1, 0.15) is 0 Å². The van der Waals surface area contributed by atoms with E-state index in [-0.39, 0.29) is 5.41 Å². The Hall–Kier alpha value is -0.860. The minimum Gasteiger partial charge on any atom is -0.388 e. The third-order valence-electron chi connectivity index (χ3n) is 4.24. The van der Waals surface area contributed by atoms with E-state index in [9.17, 15) is 5.11 Å². The number of benzene rings is 1. The zero-order valence-corrected chi connectivity index (χ0v) is 10.8. The molecule has 0 aromatic heterocycles. The lowest BCUT2D eigenvalue weighted by atomic mass is 9.78. The molecule has 2 heteroatoms. The lowest BCUT2D eigenvalue weighted by Gasteiger charge is -2.32. The Morgan fingerprint density at radius 1 is 1.35 bits per heavy atom. The Bertz CT molecular complexity index is 363. The molecule has 0 bridgehead atoms. The summed E-state index contributed by atoms with van der Waals surface area (Å²) in [5.41, 5.74) is 7.96. The maximum absolute atomic E-state index is 10.4. The number of nitrogens with two attached hydrogens (primary N) is 1. The second-order valence-corrected chi connectivity index (χ2v) is 5.56. The topological polar surface area (TPSA) is 46.2 Å². The normalized spacial score (nSPS) is 20.9. The molecule has 17 heavy (non-hydrogen) atoms. The fraction of sp³-hybridized carbons (Fsp3) is 0.600. The van der Waals surface area contributed by atoms with Gasteiger partial charge in [0.05, 0.1) is 6.10 Å². The fourth-order valence-electron chi connectivity index (χ4n) is 2.22. The zero-order chi connectivity index (χ0) is 12.5. The molecule has 0 aliphatic heterocycles. The summed E-state index contributed by atoms with van der Waals surface area (Å²) < 4.78 is 0. The van der Waals surface area contributed by atoms with Gasteiger partial charge in [0, 0.05) is 12.0 Å². The standard InChI is InChI=1S/C15H23NO/c1-3-15(2,10-16)14(17)13-8-6-12(7-9-13)11-4-5-11/h6-9,11,14,17H,3-5,10,16H2,1-2H3. The summed E-state index contributed by atoms with van der Waals surface area (Å²) >= 11 is 0. The van der Waals surface area contributed by atoms with Gasteiger partial charge in [0.25, 0.3) is 0 Å². The molecular formula is C15H23NO. The SMILES string of the molecule is CCC(C)(CN)C(O)c1ccc(C2CC2)cc1. The Labute approximate surface area is 104 Å². The summed E-state index contributed by atoms with van der Waals surface area (Å²) in [6, 6.07) is 8.43. The maximum atomic E-state index is 10.4. The van der Waals surface area contributed by atoms with E-state index >= 15 is 0 Å². The molecular weight excluding hydrogens is 210 g/mol. The minimum atomic E-state index is -0.467. The highest BCUT2D eigenvalue weighted by atomic mass is 16.3. The Morgan fingerprint density at radius 2 is 1.94 bits per heavy atom. The molecule has 0 heterocycles. The summed E-state index contributed by atoms with van der Waals surface area (Å²) in [4.78, 5) is 0. The minimum absolute atomic E-state index is 0.221. The smallest absolute Gasteiger partial charge is 0.0855 e. The van der Waals surface area contributed by atoms with Crippen molar-refractivity contribution in [3.05, 3.63) is 35.4 Å². The van der Waals surface area contributed by atoms with Crippen LogP contribution < -0.4 is 5.73 Å². The van der Waals surface area contributed by atoms with Crippen LogP contribution in [0.2, 0.25) is 0 Å². The van der Waals surface area contributed by atoms with Crippen LogP contribution in [0.3, 0.4) is 0 Å². The number of hydrogen-bond donors (Lipinski definition) is 2. The molecule has 0 amide bonds. The van der Waals surface area contributed by atoms with Gasteiger partial charge in [-0.2, -0.15) is 0 Å². The first-order valence-electron chi connectivity index (χ1n) is 6.58. The molecule has 1 fully saturated rings.